The van der Waals surface area contributed by atoms with Crippen LogP contribution < -0.4 is 0 Å². The van der Waals surface area contributed by atoms with Crippen molar-refractivity contribution in [3.05, 3.63) is 0 Å². The Bertz CT molecular complexity index is 290. The fourth-order valence-electron chi connectivity index (χ4n) is 3.87. The van der Waals surface area contributed by atoms with E-state index in [2.05, 4.69) is 0 Å². The summed E-state index contributed by atoms with van der Waals surface area (Å²) < 4.78 is 5.43. The van der Waals surface area contributed by atoms with Crippen molar-refractivity contribution >= 4 is 5.97 Å². The van der Waals surface area contributed by atoms with Crippen LogP contribution in [-0.4, -0.2) is 24.3 Å². The fraction of sp³-hybridized carbons (Fsp3) is 0.923. The van der Waals surface area contributed by atoms with Gasteiger partial charge in [-0.2, -0.15) is 0 Å². The molecule has 0 aromatic heterocycles. The fourth-order valence-corrected chi connectivity index (χ4v) is 3.87. The quantitative estimate of drug-likeness (QED) is 0.800. The first kappa shape index (κ1) is 10.6. The molecule has 1 N–H and O–H groups in total. The molecule has 1 aliphatic heterocycles. The van der Waals surface area contributed by atoms with Gasteiger partial charge in [0.2, 0.25) is 0 Å². The molecule has 0 aromatic carbocycles. The molecular formula is C13H20O3. The second-order valence-corrected chi connectivity index (χ2v) is 5.85. The number of ether oxygens (including phenoxy) is 1. The molecule has 2 saturated carbocycles. The third-order valence-corrected chi connectivity index (χ3v) is 5.01. The van der Waals surface area contributed by atoms with Gasteiger partial charge in [0.15, 0.2) is 0 Å². The third-order valence-electron chi connectivity index (χ3n) is 5.01. The molecule has 16 heavy (non-hydrogen) atoms. The molecular weight excluding hydrogens is 204 g/mol. The molecule has 3 rings (SSSR count). The van der Waals surface area contributed by atoms with Crippen LogP contribution in [0, 0.1) is 23.2 Å². The normalized spacial score (nSPS) is 37.8. The van der Waals surface area contributed by atoms with Gasteiger partial charge in [0.05, 0.1) is 19.1 Å². The minimum absolute atomic E-state index is 0.0640. The van der Waals surface area contributed by atoms with Gasteiger partial charge in [-0.1, -0.05) is 19.3 Å². The topological polar surface area (TPSA) is 46.5 Å². The molecule has 2 unspecified atom stereocenters. The van der Waals surface area contributed by atoms with Crippen molar-refractivity contribution in [3.8, 4) is 0 Å². The molecule has 0 aromatic rings. The Morgan fingerprint density at radius 2 is 1.88 bits per heavy atom. The summed E-state index contributed by atoms with van der Waals surface area (Å²) in [6, 6.07) is 0. The average Bonchev–Trinajstić information content (AvgIpc) is 2.98. The van der Waals surface area contributed by atoms with E-state index in [4.69, 9.17) is 9.84 Å². The molecule has 0 amide bonds. The first-order valence-corrected chi connectivity index (χ1v) is 6.54. The van der Waals surface area contributed by atoms with Crippen LogP contribution in [0.15, 0.2) is 0 Å². The Morgan fingerprint density at radius 3 is 2.31 bits per heavy atom. The summed E-state index contributed by atoms with van der Waals surface area (Å²) in [4.78, 5) is 11.0. The largest absolute Gasteiger partial charge is 0.481 e. The molecule has 0 radical (unpaired) electrons. The van der Waals surface area contributed by atoms with Crippen LogP contribution in [0.2, 0.25) is 0 Å². The molecule has 90 valence electrons. The van der Waals surface area contributed by atoms with E-state index in [1.807, 2.05) is 0 Å². The highest BCUT2D eigenvalue weighted by Gasteiger charge is 2.62. The van der Waals surface area contributed by atoms with Crippen molar-refractivity contribution in [3.63, 3.8) is 0 Å². The molecule has 3 nitrogen and oxygen atoms in total. The Labute approximate surface area is 96.2 Å². The zero-order valence-electron chi connectivity index (χ0n) is 9.65. The lowest BCUT2D eigenvalue weighted by Gasteiger charge is -2.49. The van der Waals surface area contributed by atoms with E-state index < -0.39 is 5.97 Å². The van der Waals surface area contributed by atoms with Crippen molar-refractivity contribution in [1.82, 2.24) is 0 Å². The van der Waals surface area contributed by atoms with E-state index >= 15 is 0 Å². The zero-order valence-corrected chi connectivity index (χ0v) is 9.65. The van der Waals surface area contributed by atoms with E-state index in [1.54, 1.807) is 0 Å². The zero-order chi connectivity index (χ0) is 11.2. The molecule has 3 fully saturated rings. The number of carboxylic acid groups (broad SMARTS) is 1. The van der Waals surface area contributed by atoms with Crippen molar-refractivity contribution in [1.29, 1.82) is 0 Å². The van der Waals surface area contributed by atoms with Gasteiger partial charge in [-0.25, -0.2) is 0 Å². The van der Waals surface area contributed by atoms with Crippen LogP contribution in [0.25, 0.3) is 0 Å². The molecule has 0 spiro atoms. The van der Waals surface area contributed by atoms with Gasteiger partial charge in [0.25, 0.3) is 0 Å². The van der Waals surface area contributed by atoms with Crippen molar-refractivity contribution in [2.45, 2.75) is 38.5 Å². The maximum atomic E-state index is 11.0. The SMILES string of the molecule is O=C(O)C1CC1C1(C2CCCCC2)COC1. The van der Waals surface area contributed by atoms with Crippen LogP contribution >= 0.6 is 0 Å². The minimum Gasteiger partial charge on any atom is -0.481 e. The lowest BCUT2D eigenvalue weighted by molar-refractivity contribution is -0.171. The smallest absolute Gasteiger partial charge is 0.306 e. The van der Waals surface area contributed by atoms with Gasteiger partial charge in [-0.3, -0.25) is 4.79 Å². The Balaban J connectivity index is 1.71. The number of carboxylic acids is 1. The molecule has 3 aliphatic rings. The Morgan fingerprint density at radius 1 is 1.19 bits per heavy atom. The average molecular weight is 224 g/mol. The van der Waals surface area contributed by atoms with Gasteiger partial charge in [-0.05, 0) is 31.1 Å². The molecule has 2 aliphatic carbocycles. The van der Waals surface area contributed by atoms with Gasteiger partial charge in [0.1, 0.15) is 0 Å². The first-order chi connectivity index (χ1) is 7.74. The second kappa shape index (κ2) is 3.73. The van der Waals surface area contributed by atoms with Crippen molar-refractivity contribution in [2.24, 2.45) is 23.2 Å². The van der Waals surface area contributed by atoms with Crippen LogP contribution in [0.5, 0.6) is 0 Å². The highest BCUT2D eigenvalue weighted by Crippen LogP contribution is 2.60. The van der Waals surface area contributed by atoms with E-state index in [0.717, 1.165) is 25.6 Å². The highest BCUT2D eigenvalue weighted by atomic mass is 16.5. The second-order valence-electron chi connectivity index (χ2n) is 5.85. The Kier molecular flexibility index (Phi) is 2.46. The maximum Gasteiger partial charge on any atom is 0.306 e. The van der Waals surface area contributed by atoms with E-state index in [1.165, 1.54) is 32.1 Å². The summed E-state index contributed by atoms with van der Waals surface area (Å²) >= 11 is 0. The first-order valence-electron chi connectivity index (χ1n) is 6.54. The number of carbonyl (C=O) groups is 1. The molecule has 0 bridgehead atoms. The van der Waals surface area contributed by atoms with E-state index in [-0.39, 0.29) is 11.3 Å². The van der Waals surface area contributed by atoms with Gasteiger partial charge >= 0.3 is 5.97 Å². The summed E-state index contributed by atoms with van der Waals surface area (Å²) in [5.74, 6) is 0.504. The molecule has 1 saturated heterocycles. The third kappa shape index (κ3) is 1.48. The van der Waals surface area contributed by atoms with E-state index in [9.17, 15) is 4.79 Å². The Hall–Kier alpha value is -0.570. The summed E-state index contributed by atoms with van der Waals surface area (Å²) in [6.45, 7) is 1.65. The van der Waals surface area contributed by atoms with Crippen LogP contribution in [0.1, 0.15) is 38.5 Å². The van der Waals surface area contributed by atoms with Crippen LogP contribution in [-0.2, 0) is 9.53 Å². The summed E-state index contributed by atoms with van der Waals surface area (Å²) in [5.41, 5.74) is 0.253. The van der Waals surface area contributed by atoms with Crippen molar-refractivity contribution in [2.75, 3.05) is 13.2 Å². The van der Waals surface area contributed by atoms with E-state index in [0.29, 0.717) is 5.92 Å². The lowest BCUT2D eigenvalue weighted by Crippen LogP contribution is -2.51. The molecule has 1 heterocycles. The van der Waals surface area contributed by atoms with Gasteiger partial charge in [0, 0.05) is 5.41 Å². The number of rotatable bonds is 3. The monoisotopic (exact) mass is 224 g/mol. The predicted molar refractivity (Wildman–Crippen MR) is 59.1 cm³/mol. The predicted octanol–water partition coefficient (Wildman–Crippen LogP) is 2.30. The summed E-state index contributed by atoms with van der Waals surface area (Å²) in [6.07, 6.45) is 7.52. The number of aliphatic carboxylic acids is 1. The van der Waals surface area contributed by atoms with Crippen LogP contribution in [0.4, 0.5) is 0 Å². The number of hydrogen-bond acceptors (Lipinski definition) is 2. The summed E-state index contributed by atoms with van der Waals surface area (Å²) in [7, 11) is 0. The lowest BCUT2D eigenvalue weighted by atomic mass is 9.64. The highest BCUT2D eigenvalue weighted by molar-refractivity contribution is 5.73. The summed E-state index contributed by atoms with van der Waals surface area (Å²) in [5, 5.41) is 9.06. The van der Waals surface area contributed by atoms with Crippen LogP contribution in [0.3, 0.4) is 0 Å². The number of hydrogen-bond donors (Lipinski definition) is 1. The minimum atomic E-state index is -0.591. The van der Waals surface area contributed by atoms with Gasteiger partial charge < -0.3 is 9.84 Å². The van der Waals surface area contributed by atoms with Crippen molar-refractivity contribution < 1.29 is 14.6 Å². The molecule has 2 atom stereocenters. The molecule has 3 heteroatoms. The standard InChI is InChI=1S/C13H20O3/c14-12(15)10-6-11(10)13(7-16-8-13)9-4-2-1-3-5-9/h9-11H,1-8H2,(H,14,15). The maximum absolute atomic E-state index is 11.0. The van der Waals surface area contributed by atoms with Gasteiger partial charge in [-0.15, -0.1) is 0 Å².